The van der Waals surface area contributed by atoms with Gasteiger partial charge in [0.05, 0.1) is 28.5 Å². The van der Waals surface area contributed by atoms with E-state index in [9.17, 15) is 4.79 Å². The highest BCUT2D eigenvalue weighted by Gasteiger charge is 2.13. The fourth-order valence-corrected chi connectivity index (χ4v) is 4.68. The van der Waals surface area contributed by atoms with E-state index in [1.807, 2.05) is 30.3 Å². The van der Waals surface area contributed by atoms with E-state index in [1.54, 1.807) is 38.6 Å². The summed E-state index contributed by atoms with van der Waals surface area (Å²) in [5, 5.41) is 6.40. The molecule has 0 saturated carbocycles. The van der Waals surface area contributed by atoms with Crippen LogP contribution in [0.15, 0.2) is 82.4 Å². The molecule has 0 unspecified atom stereocenters. The number of hydrazone groups is 1. The Kier molecular flexibility index (Phi) is 8.25. The molecule has 0 heterocycles. The standard InChI is InChI=1S/C27H22BrIN2O4/c1-33-24-14-19(10-11-23(24)29)27(32)31-30-15-17-12-22(28)26(25(13-17)34-2)35-16-20-8-5-7-18-6-3-4-9-21(18)20/h3-15H,16H2,1-2H3,(H,31,32)/b30-15+. The monoisotopic (exact) mass is 644 g/mol. The maximum Gasteiger partial charge on any atom is 0.271 e. The van der Waals surface area contributed by atoms with Crippen LogP contribution in [0.5, 0.6) is 17.2 Å². The molecule has 4 aromatic carbocycles. The van der Waals surface area contributed by atoms with Gasteiger partial charge in [0.2, 0.25) is 0 Å². The summed E-state index contributed by atoms with van der Waals surface area (Å²) in [5.74, 6) is 1.44. The largest absolute Gasteiger partial charge is 0.496 e. The number of benzene rings is 4. The Morgan fingerprint density at radius 2 is 1.77 bits per heavy atom. The Labute approximate surface area is 225 Å². The number of carbonyl (C=O) groups excluding carboxylic acids is 1. The Morgan fingerprint density at radius 1 is 1.00 bits per heavy atom. The molecule has 1 N–H and O–H groups in total. The van der Waals surface area contributed by atoms with Crippen LogP contribution in [0.1, 0.15) is 21.5 Å². The van der Waals surface area contributed by atoms with Crippen LogP contribution in [0.2, 0.25) is 0 Å². The maximum atomic E-state index is 12.4. The summed E-state index contributed by atoms with van der Waals surface area (Å²) in [4.78, 5) is 12.4. The number of nitrogens with zero attached hydrogens (tertiary/aromatic N) is 1. The minimum Gasteiger partial charge on any atom is -0.496 e. The molecular formula is C27H22BrIN2O4. The molecule has 0 aromatic heterocycles. The molecule has 8 heteroatoms. The van der Waals surface area contributed by atoms with Gasteiger partial charge in [-0.05, 0) is 90.8 Å². The number of rotatable bonds is 8. The van der Waals surface area contributed by atoms with Crippen LogP contribution in [0.4, 0.5) is 0 Å². The van der Waals surface area contributed by atoms with Crippen molar-refractivity contribution in [2.75, 3.05) is 14.2 Å². The van der Waals surface area contributed by atoms with E-state index in [1.165, 1.54) is 0 Å². The second kappa shape index (κ2) is 11.5. The van der Waals surface area contributed by atoms with Crippen molar-refractivity contribution in [3.05, 3.63) is 97.5 Å². The molecule has 0 atom stereocenters. The molecule has 0 radical (unpaired) electrons. The van der Waals surface area contributed by atoms with Crippen LogP contribution in [0.25, 0.3) is 10.8 Å². The van der Waals surface area contributed by atoms with E-state index >= 15 is 0 Å². The molecule has 178 valence electrons. The first-order chi connectivity index (χ1) is 17.0. The summed E-state index contributed by atoms with van der Waals surface area (Å²) in [6.45, 7) is 0.388. The predicted molar refractivity (Wildman–Crippen MR) is 150 cm³/mol. The molecule has 1 amide bonds. The number of ether oxygens (including phenoxy) is 3. The zero-order valence-corrected chi connectivity index (χ0v) is 22.8. The zero-order chi connectivity index (χ0) is 24.8. The highest BCUT2D eigenvalue weighted by atomic mass is 127. The zero-order valence-electron chi connectivity index (χ0n) is 19.0. The number of carbonyl (C=O) groups is 1. The summed E-state index contributed by atoms with van der Waals surface area (Å²) < 4.78 is 18.6. The Morgan fingerprint density at radius 3 is 2.57 bits per heavy atom. The first kappa shape index (κ1) is 25.0. The molecule has 0 bridgehead atoms. The highest BCUT2D eigenvalue weighted by molar-refractivity contribution is 14.1. The minimum absolute atomic E-state index is 0.336. The number of hydrogen-bond donors (Lipinski definition) is 1. The summed E-state index contributed by atoms with van der Waals surface area (Å²) in [6.07, 6.45) is 1.55. The first-order valence-electron chi connectivity index (χ1n) is 10.6. The average Bonchev–Trinajstić information content (AvgIpc) is 2.88. The number of nitrogens with one attached hydrogen (secondary N) is 1. The lowest BCUT2D eigenvalue weighted by Gasteiger charge is -2.14. The third-order valence-corrected chi connectivity index (χ3v) is 6.78. The molecule has 0 fully saturated rings. The van der Waals surface area contributed by atoms with Gasteiger partial charge in [0.15, 0.2) is 11.5 Å². The van der Waals surface area contributed by atoms with Gasteiger partial charge in [-0.3, -0.25) is 4.79 Å². The summed E-state index contributed by atoms with van der Waals surface area (Å²) >= 11 is 5.72. The van der Waals surface area contributed by atoms with E-state index in [2.05, 4.69) is 73.3 Å². The van der Waals surface area contributed by atoms with Gasteiger partial charge in [-0.25, -0.2) is 5.43 Å². The number of methoxy groups -OCH3 is 2. The fraction of sp³-hybridized carbons (Fsp3) is 0.111. The van der Waals surface area contributed by atoms with Gasteiger partial charge in [0.25, 0.3) is 5.91 Å². The third kappa shape index (κ3) is 5.94. The predicted octanol–water partition coefficient (Wildman–Crippen LogP) is 6.57. The minimum atomic E-state index is -0.336. The van der Waals surface area contributed by atoms with Crippen LogP contribution >= 0.6 is 38.5 Å². The molecule has 4 rings (SSSR count). The van der Waals surface area contributed by atoms with Crippen LogP contribution in [-0.2, 0) is 6.61 Å². The fourth-order valence-electron chi connectivity index (χ4n) is 3.55. The van der Waals surface area contributed by atoms with E-state index < -0.39 is 0 Å². The molecule has 0 aliphatic rings. The van der Waals surface area contributed by atoms with Gasteiger partial charge in [0, 0.05) is 5.56 Å². The lowest BCUT2D eigenvalue weighted by atomic mass is 10.1. The van der Waals surface area contributed by atoms with E-state index in [4.69, 9.17) is 14.2 Å². The van der Waals surface area contributed by atoms with E-state index in [0.29, 0.717) is 33.9 Å². The van der Waals surface area contributed by atoms with Crippen molar-refractivity contribution < 1.29 is 19.0 Å². The molecule has 0 aliphatic carbocycles. The molecule has 0 saturated heterocycles. The van der Waals surface area contributed by atoms with Gasteiger partial charge in [-0.1, -0.05) is 42.5 Å². The summed E-state index contributed by atoms with van der Waals surface area (Å²) in [7, 11) is 3.15. The van der Waals surface area contributed by atoms with Gasteiger partial charge >= 0.3 is 0 Å². The van der Waals surface area contributed by atoms with Crippen molar-refractivity contribution in [1.29, 1.82) is 0 Å². The van der Waals surface area contributed by atoms with Crippen molar-refractivity contribution in [1.82, 2.24) is 5.43 Å². The Balaban J connectivity index is 1.47. The average molecular weight is 645 g/mol. The van der Waals surface area contributed by atoms with Gasteiger partial charge in [-0.15, -0.1) is 0 Å². The smallest absolute Gasteiger partial charge is 0.271 e. The van der Waals surface area contributed by atoms with Crippen molar-refractivity contribution in [3.63, 3.8) is 0 Å². The first-order valence-corrected chi connectivity index (χ1v) is 12.5. The van der Waals surface area contributed by atoms with Crippen molar-refractivity contribution in [3.8, 4) is 17.2 Å². The van der Waals surface area contributed by atoms with Crippen molar-refractivity contribution in [2.45, 2.75) is 6.61 Å². The lowest BCUT2D eigenvalue weighted by molar-refractivity contribution is 0.0954. The maximum absolute atomic E-state index is 12.4. The molecule has 0 spiro atoms. The summed E-state index contributed by atoms with van der Waals surface area (Å²) in [6, 6.07) is 23.2. The Hall–Kier alpha value is -3.11. The van der Waals surface area contributed by atoms with Gasteiger partial charge < -0.3 is 14.2 Å². The van der Waals surface area contributed by atoms with E-state index in [0.717, 1.165) is 25.5 Å². The third-order valence-electron chi connectivity index (χ3n) is 5.30. The van der Waals surface area contributed by atoms with Gasteiger partial charge in [0.1, 0.15) is 12.4 Å². The number of fused-ring (bicyclic) bond motifs is 1. The summed E-state index contributed by atoms with van der Waals surface area (Å²) in [5.41, 5.74) is 4.80. The molecule has 35 heavy (non-hydrogen) atoms. The van der Waals surface area contributed by atoms with E-state index in [-0.39, 0.29) is 5.91 Å². The molecule has 6 nitrogen and oxygen atoms in total. The molecule has 4 aromatic rings. The van der Waals surface area contributed by atoms with Crippen LogP contribution in [0, 0.1) is 3.57 Å². The molecular weight excluding hydrogens is 623 g/mol. The number of halogens is 2. The molecule has 0 aliphatic heterocycles. The second-order valence-electron chi connectivity index (χ2n) is 7.51. The Bertz CT molecular complexity index is 1400. The second-order valence-corrected chi connectivity index (χ2v) is 9.53. The van der Waals surface area contributed by atoms with Crippen LogP contribution < -0.4 is 19.6 Å². The SMILES string of the molecule is COc1cc(C(=O)N/N=C/c2cc(Br)c(OCc3cccc4ccccc34)c(OC)c2)ccc1I. The van der Waals surface area contributed by atoms with Crippen LogP contribution in [0.3, 0.4) is 0 Å². The normalized spacial score (nSPS) is 11.0. The number of hydrogen-bond acceptors (Lipinski definition) is 5. The quantitative estimate of drug-likeness (QED) is 0.134. The van der Waals surface area contributed by atoms with Crippen molar-refractivity contribution >= 4 is 61.4 Å². The van der Waals surface area contributed by atoms with Crippen molar-refractivity contribution in [2.24, 2.45) is 5.10 Å². The lowest BCUT2D eigenvalue weighted by Crippen LogP contribution is -2.17. The van der Waals surface area contributed by atoms with Crippen LogP contribution in [-0.4, -0.2) is 26.3 Å². The number of amides is 1. The van der Waals surface area contributed by atoms with Gasteiger partial charge in [-0.2, -0.15) is 5.10 Å². The highest BCUT2D eigenvalue weighted by Crippen LogP contribution is 2.37. The topological polar surface area (TPSA) is 69.2 Å².